The van der Waals surface area contributed by atoms with Gasteiger partial charge in [-0.15, -0.1) is 0 Å². The molecule has 0 saturated heterocycles. The summed E-state index contributed by atoms with van der Waals surface area (Å²) in [5.41, 5.74) is 4.87. The number of aromatic amines is 1. The highest BCUT2D eigenvalue weighted by atomic mass is 16.4. The van der Waals surface area contributed by atoms with Crippen LogP contribution in [0.25, 0.3) is 6.08 Å². The molecule has 0 bridgehead atoms. The zero-order valence-electron chi connectivity index (χ0n) is 13.7. The molecule has 22 heavy (non-hydrogen) atoms. The van der Waals surface area contributed by atoms with Gasteiger partial charge < -0.3 is 10.1 Å². The third-order valence-corrected chi connectivity index (χ3v) is 4.24. The smallest absolute Gasteiger partial charge is 0.371 e. The first-order valence-corrected chi connectivity index (χ1v) is 7.64. The van der Waals surface area contributed by atoms with Crippen LogP contribution < -0.4 is 0 Å². The molecule has 4 heteroatoms. The highest BCUT2D eigenvalue weighted by Crippen LogP contribution is 2.40. The van der Waals surface area contributed by atoms with E-state index < -0.39 is 5.97 Å². The molecule has 0 fully saturated rings. The Morgan fingerprint density at radius 2 is 2.18 bits per heavy atom. The molecular weight excluding hydrogens is 276 g/mol. The second kappa shape index (κ2) is 6.34. The predicted molar refractivity (Wildman–Crippen MR) is 88.7 cm³/mol. The maximum Gasteiger partial charge on any atom is 0.371 e. The molecule has 0 amide bonds. The number of aromatic carboxylic acids is 1. The first kappa shape index (κ1) is 16.3. The lowest BCUT2D eigenvalue weighted by Gasteiger charge is -2.32. The molecule has 0 saturated carbocycles. The molecule has 2 rings (SSSR count). The Bertz CT molecular complexity index is 660. The van der Waals surface area contributed by atoms with Crippen LogP contribution in [0, 0.1) is 5.41 Å². The normalized spacial score (nSPS) is 19.0. The van der Waals surface area contributed by atoms with Crippen molar-refractivity contribution in [3.8, 4) is 0 Å². The van der Waals surface area contributed by atoms with Gasteiger partial charge in [0.25, 0.3) is 0 Å². The van der Waals surface area contributed by atoms with E-state index in [1.807, 2.05) is 13.0 Å². The van der Waals surface area contributed by atoms with Gasteiger partial charge in [0.2, 0.25) is 5.82 Å². The molecule has 1 aromatic heterocycles. The van der Waals surface area contributed by atoms with E-state index in [2.05, 4.69) is 42.9 Å². The second-order valence-electron chi connectivity index (χ2n) is 6.65. The standard InChI is InChI=1S/C18H24N2O2/c1-12(10-14-11-19-16(20-14)17(21)22)7-8-15-13(2)6-5-9-18(15,3)4/h7-8,10-11H,5-6,9H2,1-4H3,(H,19,20)(H,21,22)/b8-7?,12-10+. The molecule has 0 atom stereocenters. The van der Waals surface area contributed by atoms with Crippen molar-refractivity contribution < 1.29 is 9.90 Å². The number of imidazole rings is 1. The van der Waals surface area contributed by atoms with Gasteiger partial charge in [-0.1, -0.05) is 31.6 Å². The van der Waals surface area contributed by atoms with Gasteiger partial charge in [-0.2, -0.15) is 0 Å². The van der Waals surface area contributed by atoms with E-state index in [-0.39, 0.29) is 11.2 Å². The Balaban J connectivity index is 2.18. The maximum absolute atomic E-state index is 10.8. The second-order valence-corrected chi connectivity index (χ2v) is 6.65. The minimum absolute atomic E-state index is 0.0324. The van der Waals surface area contributed by atoms with Crippen LogP contribution in [0.4, 0.5) is 0 Å². The average molecular weight is 300 g/mol. The summed E-state index contributed by atoms with van der Waals surface area (Å²) in [6.45, 7) is 8.81. The number of carboxylic acid groups (broad SMARTS) is 1. The zero-order chi connectivity index (χ0) is 16.3. The number of nitrogens with zero attached hydrogens (tertiary/aromatic N) is 1. The molecule has 0 unspecified atom stereocenters. The summed E-state index contributed by atoms with van der Waals surface area (Å²) in [5.74, 6) is -1.08. The van der Waals surface area contributed by atoms with Gasteiger partial charge in [-0.05, 0) is 55.7 Å². The number of H-pyrrole nitrogens is 1. The van der Waals surface area contributed by atoms with Gasteiger partial charge in [0.1, 0.15) is 0 Å². The Morgan fingerprint density at radius 1 is 1.45 bits per heavy atom. The lowest BCUT2D eigenvalue weighted by molar-refractivity contribution is 0.0684. The Kier molecular flexibility index (Phi) is 4.69. The van der Waals surface area contributed by atoms with Crippen LogP contribution in [0.15, 0.2) is 35.1 Å². The molecule has 1 aliphatic carbocycles. The minimum Gasteiger partial charge on any atom is -0.475 e. The molecular formula is C18H24N2O2. The first-order chi connectivity index (χ1) is 10.3. The molecule has 1 heterocycles. The number of rotatable bonds is 4. The van der Waals surface area contributed by atoms with Crippen LogP contribution in [0.5, 0.6) is 0 Å². The molecule has 1 aliphatic rings. The van der Waals surface area contributed by atoms with E-state index in [0.29, 0.717) is 5.69 Å². The first-order valence-electron chi connectivity index (χ1n) is 7.64. The zero-order valence-corrected chi connectivity index (χ0v) is 13.7. The fourth-order valence-electron chi connectivity index (χ4n) is 3.04. The third-order valence-electron chi connectivity index (χ3n) is 4.24. The SMILES string of the molecule is CC1=C(C=C/C(C)=C/c2cnc(C(=O)O)[nH]2)C(C)(C)CCC1. The maximum atomic E-state index is 10.8. The van der Waals surface area contributed by atoms with Crippen molar-refractivity contribution in [2.24, 2.45) is 5.41 Å². The van der Waals surface area contributed by atoms with Crippen LogP contribution in [0.2, 0.25) is 0 Å². The van der Waals surface area contributed by atoms with Crippen LogP contribution in [-0.4, -0.2) is 21.0 Å². The average Bonchev–Trinajstić information content (AvgIpc) is 2.86. The van der Waals surface area contributed by atoms with Crippen LogP contribution in [-0.2, 0) is 0 Å². The molecule has 1 aromatic rings. The monoisotopic (exact) mass is 300 g/mol. The number of hydrogen-bond donors (Lipinski definition) is 2. The summed E-state index contributed by atoms with van der Waals surface area (Å²) in [5, 5.41) is 8.86. The number of nitrogens with one attached hydrogen (secondary N) is 1. The highest BCUT2D eigenvalue weighted by Gasteiger charge is 2.26. The van der Waals surface area contributed by atoms with Gasteiger partial charge in [-0.25, -0.2) is 9.78 Å². The van der Waals surface area contributed by atoms with Gasteiger partial charge in [-0.3, -0.25) is 0 Å². The fraction of sp³-hybridized carbons (Fsp3) is 0.444. The molecule has 0 spiro atoms. The van der Waals surface area contributed by atoms with Gasteiger partial charge in [0.05, 0.1) is 11.9 Å². The summed E-state index contributed by atoms with van der Waals surface area (Å²) < 4.78 is 0. The molecule has 0 radical (unpaired) electrons. The van der Waals surface area contributed by atoms with E-state index in [9.17, 15) is 4.79 Å². The van der Waals surface area contributed by atoms with Crippen LogP contribution in [0.3, 0.4) is 0 Å². The van der Waals surface area contributed by atoms with Gasteiger partial charge >= 0.3 is 5.97 Å². The fourth-order valence-corrected chi connectivity index (χ4v) is 3.04. The number of carbonyl (C=O) groups is 1. The largest absolute Gasteiger partial charge is 0.475 e. The van der Waals surface area contributed by atoms with Crippen molar-refractivity contribution in [1.29, 1.82) is 0 Å². The number of carboxylic acids is 1. The summed E-state index contributed by atoms with van der Waals surface area (Å²) >= 11 is 0. The molecule has 2 N–H and O–H groups in total. The lowest BCUT2D eigenvalue weighted by atomic mass is 9.72. The topological polar surface area (TPSA) is 66.0 Å². The summed E-state index contributed by atoms with van der Waals surface area (Å²) in [6.07, 6.45) is 11.4. The van der Waals surface area contributed by atoms with Crippen molar-refractivity contribution >= 4 is 12.0 Å². The minimum atomic E-state index is -1.04. The number of aromatic nitrogens is 2. The third kappa shape index (κ3) is 3.75. The van der Waals surface area contributed by atoms with E-state index in [4.69, 9.17) is 5.11 Å². The van der Waals surface area contributed by atoms with E-state index in [1.165, 1.54) is 36.6 Å². The van der Waals surface area contributed by atoms with Crippen LogP contribution >= 0.6 is 0 Å². The van der Waals surface area contributed by atoms with E-state index >= 15 is 0 Å². The van der Waals surface area contributed by atoms with Crippen molar-refractivity contribution in [1.82, 2.24) is 9.97 Å². The summed E-state index contributed by atoms with van der Waals surface area (Å²) in [7, 11) is 0. The molecule has 0 aliphatic heterocycles. The molecule has 118 valence electrons. The molecule has 4 nitrogen and oxygen atoms in total. The Hall–Kier alpha value is -2.10. The quantitative estimate of drug-likeness (QED) is 0.799. The summed E-state index contributed by atoms with van der Waals surface area (Å²) in [6, 6.07) is 0. The van der Waals surface area contributed by atoms with Crippen molar-refractivity contribution in [3.05, 3.63) is 46.6 Å². The van der Waals surface area contributed by atoms with Gasteiger partial charge in [0, 0.05) is 0 Å². The lowest BCUT2D eigenvalue weighted by Crippen LogP contribution is -2.19. The van der Waals surface area contributed by atoms with Crippen LogP contribution in [0.1, 0.15) is 63.3 Å². The number of allylic oxidation sites excluding steroid dienone is 5. The Morgan fingerprint density at radius 3 is 2.77 bits per heavy atom. The van der Waals surface area contributed by atoms with Gasteiger partial charge in [0.15, 0.2) is 0 Å². The van der Waals surface area contributed by atoms with E-state index in [0.717, 1.165) is 5.57 Å². The van der Waals surface area contributed by atoms with Crippen molar-refractivity contribution in [2.75, 3.05) is 0 Å². The predicted octanol–water partition coefficient (Wildman–Crippen LogP) is 4.59. The number of hydrogen-bond acceptors (Lipinski definition) is 2. The van der Waals surface area contributed by atoms with Crippen molar-refractivity contribution in [3.63, 3.8) is 0 Å². The summed E-state index contributed by atoms with van der Waals surface area (Å²) in [4.78, 5) is 17.4. The van der Waals surface area contributed by atoms with Crippen molar-refractivity contribution in [2.45, 2.75) is 47.0 Å². The van der Waals surface area contributed by atoms with E-state index in [1.54, 1.807) is 0 Å². The molecule has 0 aromatic carbocycles. The highest BCUT2D eigenvalue weighted by molar-refractivity contribution is 5.83. The Labute approximate surface area is 131 Å².